The molecule has 0 saturated carbocycles. The van der Waals surface area contributed by atoms with Crippen molar-refractivity contribution >= 4 is 5.91 Å². The first kappa shape index (κ1) is 15.7. The Balaban J connectivity index is 1.85. The second-order valence-electron chi connectivity index (χ2n) is 5.05. The number of nitrogens with one attached hydrogen (secondary N) is 2. The Labute approximate surface area is 120 Å². The molecular weight excluding hydrogens is 287 g/mol. The molecule has 2 heterocycles. The van der Waals surface area contributed by atoms with Gasteiger partial charge in [0.25, 0.3) is 5.82 Å². The van der Waals surface area contributed by atoms with Crippen molar-refractivity contribution in [3.63, 3.8) is 0 Å². The number of hydrogen-bond donors (Lipinski definition) is 2. The van der Waals surface area contributed by atoms with Crippen LogP contribution in [0.5, 0.6) is 0 Å². The fourth-order valence-electron chi connectivity index (χ4n) is 2.37. The van der Waals surface area contributed by atoms with Crippen molar-refractivity contribution in [2.75, 3.05) is 19.6 Å². The summed E-state index contributed by atoms with van der Waals surface area (Å²) in [6.07, 6.45) is -2.83. The van der Waals surface area contributed by atoms with Crippen LogP contribution in [0, 0.1) is 5.92 Å². The van der Waals surface area contributed by atoms with Gasteiger partial charge in [0.15, 0.2) is 0 Å². The molecule has 2 N–H and O–H groups in total. The van der Waals surface area contributed by atoms with Gasteiger partial charge in [0.05, 0.1) is 12.5 Å². The molecular formula is C12H18F3N5O. The summed E-state index contributed by atoms with van der Waals surface area (Å²) in [6.45, 7) is 4.52. The van der Waals surface area contributed by atoms with E-state index in [1.807, 2.05) is 6.92 Å². The molecule has 21 heavy (non-hydrogen) atoms. The third-order valence-corrected chi connectivity index (χ3v) is 3.54. The molecule has 1 fully saturated rings. The summed E-state index contributed by atoms with van der Waals surface area (Å²) in [5.74, 6) is -1.50. The number of aromatic amines is 1. The van der Waals surface area contributed by atoms with Gasteiger partial charge in [-0.15, -0.1) is 5.10 Å². The Kier molecular flexibility index (Phi) is 4.81. The highest BCUT2D eigenvalue weighted by Crippen LogP contribution is 2.25. The van der Waals surface area contributed by atoms with E-state index in [9.17, 15) is 18.0 Å². The third-order valence-electron chi connectivity index (χ3n) is 3.54. The van der Waals surface area contributed by atoms with Crippen LogP contribution in [0.2, 0.25) is 0 Å². The minimum atomic E-state index is -4.58. The van der Waals surface area contributed by atoms with Crippen LogP contribution in [-0.2, 0) is 17.5 Å². The summed E-state index contributed by atoms with van der Waals surface area (Å²) in [5, 5.41) is 7.88. The van der Waals surface area contributed by atoms with E-state index in [2.05, 4.69) is 25.4 Å². The van der Waals surface area contributed by atoms with Crippen LogP contribution in [-0.4, -0.2) is 45.6 Å². The van der Waals surface area contributed by atoms with Crippen molar-refractivity contribution in [3.05, 3.63) is 11.6 Å². The number of halogens is 3. The van der Waals surface area contributed by atoms with Gasteiger partial charge in [-0.1, -0.05) is 6.92 Å². The zero-order valence-electron chi connectivity index (χ0n) is 11.7. The van der Waals surface area contributed by atoms with Crippen molar-refractivity contribution in [1.82, 2.24) is 25.4 Å². The number of amides is 1. The van der Waals surface area contributed by atoms with E-state index >= 15 is 0 Å². The Morgan fingerprint density at radius 1 is 1.52 bits per heavy atom. The zero-order chi connectivity index (χ0) is 15.5. The minimum Gasteiger partial charge on any atom is -0.349 e. The molecule has 0 radical (unpaired) electrons. The van der Waals surface area contributed by atoms with E-state index in [1.54, 1.807) is 0 Å². The molecule has 0 spiro atoms. The van der Waals surface area contributed by atoms with Crippen molar-refractivity contribution in [2.45, 2.75) is 32.5 Å². The van der Waals surface area contributed by atoms with E-state index in [0.29, 0.717) is 6.54 Å². The van der Waals surface area contributed by atoms with Crippen LogP contribution >= 0.6 is 0 Å². The van der Waals surface area contributed by atoms with E-state index in [1.165, 1.54) is 0 Å². The summed E-state index contributed by atoms with van der Waals surface area (Å²) in [7, 11) is 0. The van der Waals surface area contributed by atoms with E-state index in [0.717, 1.165) is 25.9 Å². The number of carbonyl (C=O) groups is 1. The molecule has 6 nitrogen and oxygen atoms in total. The molecule has 0 bridgehead atoms. The molecule has 1 aliphatic heterocycles. The van der Waals surface area contributed by atoms with Gasteiger partial charge in [0.2, 0.25) is 5.91 Å². The van der Waals surface area contributed by atoms with Gasteiger partial charge in [0, 0.05) is 6.54 Å². The highest BCUT2D eigenvalue weighted by Gasteiger charge is 2.36. The number of nitrogens with zero attached hydrogens (tertiary/aromatic N) is 3. The minimum absolute atomic E-state index is 0.00108. The lowest BCUT2D eigenvalue weighted by atomic mass is 9.97. The number of piperidine rings is 1. The van der Waals surface area contributed by atoms with Gasteiger partial charge in [-0.3, -0.25) is 9.89 Å². The van der Waals surface area contributed by atoms with Crippen LogP contribution in [0.1, 0.15) is 31.4 Å². The lowest BCUT2D eigenvalue weighted by Crippen LogP contribution is -2.42. The smallest absolute Gasteiger partial charge is 0.349 e. The van der Waals surface area contributed by atoms with Crippen LogP contribution in [0.15, 0.2) is 0 Å². The number of carbonyl (C=O) groups excluding carboxylic acids is 1. The maximum Gasteiger partial charge on any atom is 0.453 e. The molecule has 2 rings (SSSR count). The largest absolute Gasteiger partial charge is 0.453 e. The molecule has 0 aliphatic carbocycles. The Hall–Kier alpha value is -1.64. The monoisotopic (exact) mass is 305 g/mol. The summed E-state index contributed by atoms with van der Waals surface area (Å²) in [4.78, 5) is 17.5. The van der Waals surface area contributed by atoms with Crippen molar-refractivity contribution < 1.29 is 18.0 Å². The predicted octanol–water partition coefficient (Wildman–Crippen LogP) is 1.17. The molecule has 1 saturated heterocycles. The number of rotatable bonds is 4. The lowest BCUT2D eigenvalue weighted by molar-refractivity contribution is -0.144. The van der Waals surface area contributed by atoms with Gasteiger partial charge in [-0.05, 0) is 25.9 Å². The Morgan fingerprint density at radius 2 is 2.29 bits per heavy atom. The molecule has 1 aromatic rings. The molecule has 118 valence electrons. The average molecular weight is 305 g/mol. The summed E-state index contributed by atoms with van der Waals surface area (Å²) >= 11 is 0. The SMILES string of the molecule is CCN1CCC[C@H](C(=O)NCc2nc(C(F)(F)F)n[nH]2)C1. The van der Waals surface area contributed by atoms with Crippen LogP contribution in [0.4, 0.5) is 13.2 Å². The number of alkyl halides is 3. The van der Waals surface area contributed by atoms with Gasteiger partial charge >= 0.3 is 6.18 Å². The van der Waals surface area contributed by atoms with E-state index < -0.39 is 12.0 Å². The maximum atomic E-state index is 12.3. The number of aromatic nitrogens is 3. The first-order valence-electron chi connectivity index (χ1n) is 6.88. The second-order valence-corrected chi connectivity index (χ2v) is 5.05. The molecule has 1 atom stereocenters. The number of H-pyrrole nitrogens is 1. The highest BCUT2D eigenvalue weighted by atomic mass is 19.4. The summed E-state index contributed by atoms with van der Waals surface area (Å²) in [6, 6.07) is 0. The van der Waals surface area contributed by atoms with Gasteiger partial charge in [0.1, 0.15) is 5.82 Å². The van der Waals surface area contributed by atoms with Crippen molar-refractivity contribution in [3.8, 4) is 0 Å². The molecule has 1 amide bonds. The third kappa shape index (κ3) is 4.16. The van der Waals surface area contributed by atoms with E-state index in [-0.39, 0.29) is 24.2 Å². The Bertz CT molecular complexity index is 487. The Morgan fingerprint density at radius 3 is 2.90 bits per heavy atom. The normalized spacial score (nSPS) is 20.5. The summed E-state index contributed by atoms with van der Waals surface area (Å²) in [5.41, 5.74) is 0. The molecule has 1 aromatic heterocycles. The first-order valence-corrected chi connectivity index (χ1v) is 6.88. The highest BCUT2D eigenvalue weighted by molar-refractivity contribution is 5.78. The van der Waals surface area contributed by atoms with Crippen molar-refractivity contribution in [2.24, 2.45) is 5.92 Å². The molecule has 1 aliphatic rings. The molecule has 0 unspecified atom stereocenters. The first-order chi connectivity index (χ1) is 9.90. The quantitative estimate of drug-likeness (QED) is 0.876. The van der Waals surface area contributed by atoms with Crippen molar-refractivity contribution in [1.29, 1.82) is 0 Å². The topological polar surface area (TPSA) is 73.9 Å². The predicted molar refractivity (Wildman–Crippen MR) is 68.1 cm³/mol. The van der Waals surface area contributed by atoms with Gasteiger partial charge in [-0.2, -0.15) is 13.2 Å². The standard InChI is InChI=1S/C12H18F3N5O/c1-2-20-5-3-4-8(7-20)10(21)16-6-9-17-11(19-18-9)12(13,14)15/h8H,2-7H2,1H3,(H,16,21)(H,17,18,19)/t8-/m0/s1. The zero-order valence-corrected chi connectivity index (χ0v) is 11.7. The van der Waals surface area contributed by atoms with Crippen LogP contribution in [0.25, 0.3) is 0 Å². The van der Waals surface area contributed by atoms with Gasteiger partial charge < -0.3 is 10.2 Å². The fourth-order valence-corrected chi connectivity index (χ4v) is 2.37. The molecule has 0 aromatic carbocycles. The maximum absolute atomic E-state index is 12.3. The average Bonchev–Trinajstić information content (AvgIpc) is 2.94. The number of likely N-dealkylation sites (tertiary alicyclic amines) is 1. The second kappa shape index (κ2) is 6.42. The molecule has 9 heteroatoms. The van der Waals surface area contributed by atoms with Gasteiger partial charge in [-0.25, -0.2) is 4.98 Å². The number of hydrogen-bond acceptors (Lipinski definition) is 4. The van der Waals surface area contributed by atoms with E-state index in [4.69, 9.17) is 0 Å². The van der Waals surface area contributed by atoms with Crippen LogP contribution < -0.4 is 5.32 Å². The van der Waals surface area contributed by atoms with Crippen LogP contribution in [0.3, 0.4) is 0 Å². The lowest BCUT2D eigenvalue weighted by Gasteiger charge is -2.30. The summed E-state index contributed by atoms with van der Waals surface area (Å²) < 4.78 is 37.0. The fraction of sp³-hybridized carbons (Fsp3) is 0.750.